The van der Waals surface area contributed by atoms with E-state index in [1.54, 1.807) is 12.7 Å². The van der Waals surface area contributed by atoms with Crippen molar-refractivity contribution in [3.05, 3.63) is 36.7 Å². The van der Waals surface area contributed by atoms with Gasteiger partial charge in [0.2, 0.25) is 0 Å². The first-order valence-corrected chi connectivity index (χ1v) is 9.46. The molecule has 132 valence electrons. The van der Waals surface area contributed by atoms with Crippen molar-refractivity contribution in [1.82, 2.24) is 24.5 Å². The van der Waals surface area contributed by atoms with Crippen LogP contribution in [0, 0.1) is 0 Å². The quantitative estimate of drug-likeness (QED) is 0.527. The minimum atomic E-state index is 0.101. The lowest BCUT2D eigenvalue weighted by molar-refractivity contribution is 0.537. The molecule has 1 atom stereocenters. The molecule has 0 spiro atoms. The number of rotatable bonds is 12. The van der Waals surface area contributed by atoms with Crippen LogP contribution in [-0.2, 0) is 6.42 Å². The van der Waals surface area contributed by atoms with Gasteiger partial charge in [-0.1, -0.05) is 58.3 Å². The maximum absolute atomic E-state index is 4.52. The Labute approximate surface area is 146 Å². The lowest BCUT2D eigenvalue weighted by Crippen LogP contribution is -2.13. The van der Waals surface area contributed by atoms with Crippen LogP contribution in [0.25, 0.3) is 0 Å². The highest BCUT2D eigenvalue weighted by Crippen LogP contribution is 2.17. The van der Waals surface area contributed by atoms with Crippen LogP contribution in [0.3, 0.4) is 0 Å². The zero-order valence-electron chi connectivity index (χ0n) is 15.2. The predicted molar refractivity (Wildman–Crippen MR) is 96.8 cm³/mol. The molecule has 2 aromatic heterocycles. The molecule has 0 fully saturated rings. The SMILES string of the molecule is CCCCCCCCCCCc1nccn1C(C)c1ncncn1. The summed E-state index contributed by atoms with van der Waals surface area (Å²) in [6, 6.07) is 0.101. The Morgan fingerprint density at radius 2 is 1.50 bits per heavy atom. The fourth-order valence-electron chi connectivity index (χ4n) is 3.07. The highest BCUT2D eigenvalue weighted by atomic mass is 15.1. The second kappa shape index (κ2) is 10.9. The third-order valence-corrected chi connectivity index (χ3v) is 4.56. The minimum absolute atomic E-state index is 0.101. The molecule has 0 saturated carbocycles. The fraction of sp³-hybridized carbons (Fsp3) is 0.684. The molecule has 0 saturated heterocycles. The van der Waals surface area contributed by atoms with Gasteiger partial charge in [0.1, 0.15) is 18.5 Å². The van der Waals surface area contributed by atoms with Crippen molar-refractivity contribution in [3.63, 3.8) is 0 Å². The monoisotopic (exact) mass is 329 g/mol. The Morgan fingerprint density at radius 3 is 2.17 bits per heavy atom. The molecule has 5 nitrogen and oxygen atoms in total. The van der Waals surface area contributed by atoms with Crippen LogP contribution in [0.1, 0.15) is 89.3 Å². The van der Waals surface area contributed by atoms with Crippen molar-refractivity contribution >= 4 is 0 Å². The van der Waals surface area contributed by atoms with Gasteiger partial charge in [-0.15, -0.1) is 0 Å². The molecule has 0 amide bonds. The van der Waals surface area contributed by atoms with E-state index >= 15 is 0 Å². The maximum Gasteiger partial charge on any atom is 0.154 e. The van der Waals surface area contributed by atoms with Gasteiger partial charge in [0, 0.05) is 18.8 Å². The van der Waals surface area contributed by atoms with Gasteiger partial charge in [0.15, 0.2) is 5.82 Å². The van der Waals surface area contributed by atoms with Gasteiger partial charge in [0.25, 0.3) is 0 Å². The summed E-state index contributed by atoms with van der Waals surface area (Å²) in [6.07, 6.45) is 20.2. The third-order valence-electron chi connectivity index (χ3n) is 4.56. The van der Waals surface area contributed by atoms with E-state index in [9.17, 15) is 0 Å². The summed E-state index contributed by atoms with van der Waals surface area (Å²) in [7, 11) is 0. The second-order valence-electron chi connectivity index (χ2n) is 6.50. The second-order valence-corrected chi connectivity index (χ2v) is 6.50. The standard InChI is InChI=1S/C19H31N5/c1-3-4-5-6-7-8-9-10-11-12-18-21-13-14-24(18)17(2)19-22-15-20-16-23-19/h13-17H,3-12H2,1-2H3. The Balaban J connectivity index is 1.68. The molecule has 0 aliphatic heterocycles. The molecule has 0 aromatic carbocycles. The van der Waals surface area contributed by atoms with Gasteiger partial charge in [-0.3, -0.25) is 0 Å². The van der Waals surface area contributed by atoms with E-state index in [0.29, 0.717) is 0 Å². The first kappa shape index (κ1) is 18.6. The number of unbranched alkanes of at least 4 members (excludes halogenated alkanes) is 8. The molecule has 0 bridgehead atoms. The van der Waals surface area contributed by atoms with E-state index in [1.165, 1.54) is 57.8 Å². The van der Waals surface area contributed by atoms with Crippen molar-refractivity contribution in [2.45, 2.75) is 84.1 Å². The summed E-state index contributed by atoms with van der Waals surface area (Å²) in [6.45, 7) is 4.38. The molecule has 5 heteroatoms. The Hall–Kier alpha value is -1.78. The van der Waals surface area contributed by atoms with Crippen LogP contribution < -0.4 is 0 Å². The molecule has 24 heavy (non-hydrogen) atoms. The van der Waals surface area contributed by atoms with Crippen LogP contribution in [-0.4, -0.2) is 24.5 Å². The van der Waals surface area contributed by atoms with Gasteiger partial charge in [-0.05, 0) is 13.3 Å². The van der Waals surface area contributed by atoms with E-state index in [-0.39, 0.29) is 6.04 Å². The molecular weight excluding hydrogens is 298 g/mol. The van der Waals surface area contributed by atoms with Gasteiger partial charge in [-0.25, -0.2) is 19.9 Å². The Kier molecular flexibility index (Phi) is 8.42. The lowest BCUT2D eigenvalue weighted by Gasteiger charge is -2.14. The summed E-state index contributed by atoms with van der Waals surface area (Å²) >= 11 is 0. The first-order chi connectivity index (χ1) is 11.8. The van der Waals surface area contributed by atoms with Crippen molar-refractivity contribution in [1.29, 1.82) is 0 Å². The topological polar surface area (TPSA) is 56.5 Å². The zero-order valence-corrected chi connectivity index (χ0v) is 15.2. The van der Waals surface area contributed by atoms with E-state index in [4.69, 9.17) is 0 Å². The summed E-state index contributed by atoms with van der Waals surface area (Å²) < 4.78 is 2.18. The van der Waals surface area contributed by atoms with E-state index in [1.807, 2.05) is 12.4 Å². The first-order valence-electron chi connectivity index (χ1n) is 9.46. The largest absolute Gasteiger partial charge is 0.324 e. The van der Waals surface area contributed by atoms with Crippen LogP contribution in [0.15, 0.2) is 25.0 Å². The Bertz CT molecular complexity index is 552. The zero-order chi connectivity index (χ0) is 17.0. The average Bonchev–Trinajstić information content (AvgIpc) is 3.09. The molecule has 2 rings (SSSR count). The molecule has 0 aliphatic rings. The lowest BCUT2D eigenvalue weighted by atomic mass is 10.1. The van der Waals surface area contributed by atoms with Crippen molar-refractivity contribution in [2.75, 3.05) is 0 Å². The highest BCUT2D eigenvalue weighted by Gasteiger charge is 2.13. The van der Waals surface area contributed by atoms with E-state index in [0.717, 1.165) is 18.1 Å². The van der Waals surface area contributed by atoms with Crippen LogP contribution in [0.2, 0.25) is 0 Å². The number of hydrogen-bond acceptors (Lipinski definition) is 4. The van der Waals surface area contributed by atoms with Gasteiger partial charge < -0.3 is 4.57 Å². The number of imidazole rings is 1. The minimum Gasteiger partial charge on any atom is -0.324 e. The number of nitrogens with zero attached hydrogens (tertiary/aromatic N) is 5. The van der Waals surface area contributed by atoms with Crippen molar-refractivity contribution in [3.8, 4) is 0 Å². The molecular formula is C19H31N5. The smallest absolute Gasteiger partial charge is 0.154 e. The third kappa shape index (κ3) is 6.02. The summed E-state index contributed by atoms with van der Waals surface area (Å²) in [5, 5.41) is 0. The van der Waals surface area contributed by atoms with Crippen LogP contribution in [0.5, 0.6) is 0 Å². The maximum atomic E-state index is 4.52. The predicted octanol–water partition coefficient (Wildman–Crippen LogP) is 4.75. The van der Waals surface area contributed by atoms with E-state index < -0.39 is 0 Å². The molecule has 2 aromatic rings. The summed E-state index contributed by atoms with van der Waals surface area (Å²) in [5.41, 5.74) is 0. The summed E-state index contributed by atoms with van der Waals surface area (Å²) in [5.74, 6) is 1.92. The number of hydrogen-bond donors (Lipinski definition) is 0. The van der Waals surface area contributed by atoms with Gasteiger partial charge in [-0.2, -0.15) is 0 Å². The van der Waals surface area contributed by atoms with Gasteiger partial charge >= 0.3 is 0 Å². The van der Waals surface area contributed by atoms with Gasteiger partial charge in [0.05, 0.1) is 6.04 Å². The molecule has 2 heterocycles. The normalized spacial score (nSPS) is 12.4. The van der Waals surface area contributed by atoms with Crippen LogP contribution in [0.4, 0.5) is 0 Å². The molecule has 0 aliphatic carbocycles. The van der Waals surface area contributed by atoms with Crippen molar-refractivity contribution < 1.29 is 0 Å². The van der Waals surface area contributed by atoms with E-state index in [2.05, 4.69) is 38.4 Å². The highest BCUT2D eigenvalue weighted by molar-refractivity contribution is 5.02. The van der Waals surface area contributed by atoms with Crippen LogP contribution >= 0.6 is 0 Å². The van der Waals surface area contributed by atoms with Crippen molar-refractivity contribution in [2.24, 2.45) is 0 Å². The molecule has 0 N–H and O–H groups in total. The average molecular weight is 329 g/mol. The Morgan fingerprint density at radius 1 is 0.875 bits per heavy atom. The molecule has 0 radical (unpaired) electrons. The fourth-order valence-corrected chi connectivity index (χ4v) is 3.07. The molecule has 1 unspecified atom stereocenters. The number of aromatic nitrogens is 5. The summed E-state index contributed by atoms with van der Waals surface area (Å²) in [4.78, 5) is 16.9. The number of aryl methyl sites for hydroxylation is 1.